The second-order valence-corrected chi connectivity index (χ2v) is 6.41. The Bertz CT molecular complexity index is 724. The largest absolute Gasteiger partial charge is 0.347 e. The number of rotatable bonds is 4. The van der Waals surface area contributed by atoms with E-state index in [1.54, 1.807) is 30.1 Å². The number of amides is 3. The molecule has 2 aromatic rings. The molecule has 2 heterocycles. The molecule has 1 unspecified atom stereocenters. The molecule has 0 aliphatic carbocycles. The van der Waals surface area contributed by atoms with Gasteiger partial charge in [-0.05, 0) is 36.6 Å². The van der Waals surface area contributed by atoms with Crippen molar-refractivity contribution in [3.05, 3.63) is 48.3 Å². The van der Waals surface area contributed by atoms with Gasteiger partial charge in [-0.15, -0.1) is 0 Å². The summed E-state index contributed by atoms with van der Waals surface area (Å²) >= 11 is 0. The summed E-state index contributed by atoms with van der Waals surface area (Å²) in [6.07, 6.45) is 5.22. The van der Waals surface area contributed by atoms with Gasteiger partial charge in [0.2, 0.25) is 5.91 Å². The molecule has 1 N–H and O–H groups in total. The molecule has 1 saturated heterocycles. The molecular formula is C18H23N5O2. The molecule has 3 amide bonds. The summed E-state index contributed by atoms with van der Waals surface area (Å²) in [7, 11) is 3.43. The minimum atomic E-state index is -0.367. The standard InChI is InChI=1S/C18H23N5O2/c1-21(2)17(24)16-5-3-12-23(16)18(25)20-15-8-6-14(7-9-15)13-22-11-4-10-19-22/h4,6-11,16H,3,5,12-13H2,1-2H3,(H,20,25). The average molecular weight is 341 g/mol. The number of likely N-dealkylation sites (tertiary alicyclic amines) is 1. The third kappa shape index (κ3) is 3.99. The number of carbonyl (C=O) groups excluding carboxylic acids is 2. The van der Waals surface area contributed by atoms with Crippen LogP contribution < -0.4 is 5.32 Å². The molecule has 0 saturated carbocycles. The number of likely N-dealkylation sites (N-methyl/N-ethyl adjacent to an activating group) is 1. The number of hydrogen-bond acceptors (Lipinski definition) is 3. The molecule has 7 nitrogen and oxygen atoms in total. The van der Waals surface area contributed by atoms with Crippen molar-refractivity contribution in [2.75, 3.05) is 26.0 Å². The Kier molecular flexibility index (Phi) is 5.02. The van der Waals surface area contributed by atoms with Crippen LogP contribution in [0.3, 0.4) is 0 Å². The van der Waals surface area contributed by atoms with Crippen molar-refractivity contribution in [2.45, 2.75) is 25.4 Å². The number of nitrogens with zero attached hydrogens (tertiary/aromatic N) is 4. The van der Waals surface area contributed by atoms with Crippen LogP contribution in [0.15, 0.2) is 42.7 Å². The van der Waals surface area contributed by atoms with Gasteiger partial charge in [0.25, 0.3) is 0 Å². The molecule has 0 bridgehead atoms. The maximum atomic E-state index is 12.5. The van der Waals surface area contributed by atoms with Crippen molar-refractivity contribution in [1.82, 2.24) is 19.6 Å². The van der Waals surface area contributed by atoms with E-state index in [2.05, 4.69) is 10.4 Å². The zero-order valence-corrected chi connectivity index (χ0v) is 14.6. The average Bonchev–Trinajstić information content (AvgIpc) is 3.27. The highest BCUT2D eigenvalue weighted by molar-refractivity contribution is 5.94. The molecule has 3 rings (SSSR count). The van der Waals surface area contributed by atoms with E-state index in [0.29, 0.717) is 19.5 Å². The minimum Gasteiger partial charge on any atom is -0.347 e. The molecule has 0 radical (unpaired) electrons. The Hall–Kier alpha value is -2.83. The number of nitrogens with one attached hydrogen (secondary N) is 1. The first-order chi connectivity index (χ1) is 12.0. The van der Waals surface area contributed by atoms with Crippen LogP contribution in [0.4, 0.5) is 10.5 Å². The van der Waals surface area contributed by atoms with E-state index in [0.717, 1.165) is 17.7 Å². The highest BCUT2D eigenvalue weighted by Crippen LogP contribution is 2.20. The maximum absolute atomic E-state index is 12.5. The molecule has 1 fully saturated rings. The van der Waals surface area contributed by atoms with Crippen molar-refractivity contribution in [2.24, 2.45) is 0 Å². The summed E-state index contributed by atoms with van der Waals surface area (Å²) in [4.78, 5) is 27.9. The summed E-state index contributed by atoms with van der Waals surface area (Å²) < 4.78 is 1.84. The molecule has 1 aliphatic rings. The fourth-order valence-corrected chi connectivity index (χ4v) is 3.03. The van der Waals surface area contributed by atoms with Crippen LogP contribution in [-0.4, -0.2) is 58.2 Å². The molecular weight excluding hydrogens is 318 g/mol. The fraction of sp³-hybridized carbons (Fsp3) is 0.389. The van der Waals surface area contributed by atoms with Gasteiger partial charge in [-0.3, -0.25) is 9.48 Å². The Morgan fingerprint density at radius 1 is 1.28 bits per heavy atom. The summed E-state index contributed by atoms with van der Waals surface area (Å²) in [5, 5.41) is 7.07. The van der Waals surface area contributed by atoms with Crippen LogP contribution in [0.5, 0.6) is 0 Å². The molecule has 25 heavy (non-hydrogen) atoms. The van der Waals surface area contributed by atoms with Gasteiger partial charge in [0.05, 0.1) is 6.54 Å². The van der Waals surface area contributed by atoms with Gasteiger partial charge >= 0.3 is 6.03 Å². The van der Waals surface area contributed by atoms with Crippen molar-refractivity contribution >= 4 is 17.6 Å². The molecule has 132 valence electrons. The lowest BCUT2D eigenvalue weighted by Gasteiger charge is -2.26. The number of carbonyl (C=O) groups is 2. The predicted octanol–water partition coefficient (Wildman–Crippen LogP) is 2.02. The number of aromatic nitrogens is 2. The topological polar surface area (TPSA) is 70.5 Å². The SMILES string of the molecule is CN(C)C(=O)C1CCCN1C(=O)Nc1ccc(Cn2cccn2)cc1. The normalized spacial score (nSPS) is 16.7. The van der Waals surface area contributed by atoms with Crippen LogP contribution in [0, 0.1) is 0 Å². The van der Waals surface area contributed by atoms with Crippen LogP contribution in [0.2, 0.25) is 0 Å². The molecule has 1 aliphatic heterocycles. The van der Waals surface area contributed by atoms with Crippen molar-refractivity contribution in [1.29, 1.82) is 0 Å². The van der Waals surface area contributed by atoms with Gasteiger partial charge in [-0.2, -0.15) is 5.10 Å². The van der Waals surface area contributed by atoms with Crippen molar-refractivity contribution < 1.29 is 9.59 Å². The fourth-order valence-electron chi connectivity index (χ4n) is 3.03. The van der Waals surface area contributed by atoms with Gasteiger partial charge in [0.1, 0.15) is 6.04 Å². The Morgan fingerprint density at radius 2 is 2.04 bits per heavy atom. The molecule has 1 atom stereocenters. The Labute approximate surface area is 147 Å². The zero-order chi connectivity index (χ0) is 17.8. The lowest BCUT2D eigenvalue weighted by Crippen LogP contribution is -2.47. The van der Waals surface area contributed by atoms with E-state index in [1.165, 1.54) is 0 Å². The quantitative estimate of drug-likeness (QED) is 0.925. The Balaban J connectivity index is 1.61. The molecule has 1 aromatic carbocycles. The minimum absolute atomic E-state index is 0.0257. The summed E-state index contributed by atoms with van der Waals surface area (Å²) in [6.45, 7) is 1.29. The molecule has 0 spiro atoms. The van der Waals surface area contributed by atoms with E-state index < -0.39 is 0 Å². The van der Waals surface area contributed by atoms with E-state index in [4.69, 9.17) is 0 Å². The van der Waals surface area contributed by atoms with Crippen LogP contribution >= 0.6 is 0 Å². The first-order valence-electron chi connectivity index (χ1n) is 8.40. The smallest absolute Gasteiger partial charge is 0.322 e. The zero-order valence-electron chi connectivity index (χ0n) is 14.6. The highest BCUT2D eigenvalue weighted by atomic mass is 16.2. The van der Waals surface area contributed by atoms with Gasteiger partial charge in [0, 0.05) is 38.7 Å². The first-order valence-corrected chi connectivity index (χ1v) is 8.40. The van der Waals surface area contributed by atoms with Crippen LogP contribution in [-0.2, 0) is 11.3 Å². The monoisotopic (exact) mass is 341 g/mol. The summed E-state index contributed by atoms with van der Waals surface area (Å²) in [5.74, 6) is -0.0257. The Morgan fingerprint density at radius 3 is 2.68 bits per heavy atom. The number of urea groups is 1. The second kappa shape index (κ2) is 7.38. The van der Waals surface area contributed by atoms with Gasteiger partial charge in [-0.25, -0.2) is 4.79 Å². The van der Waals surface area contributed by atoms with Crippen molar-refractivity contribution in [3.8, 4) is 0 Å². The van der Waals surface area contributed by atoms with Crippen LogP contribution in [0.1, 0.15) is 18.4 Å². The lowest BCUT2D eigenvalue weighted by molar-refractivity contribution is -0.132. The maximum Gasteiger partial charge on any atom is 0.322 e. The summed E-state index contributed by atoms with van der Waals surface area (Å²) in [5.41, 5.74) is 1.82. The van der Waals surface area contributed by atoms with Gasteiger partial charge < -0.3 is 15.1 Å². The first kappa shape index (κ1) is 17.0. The number of benzene rings is 1. The van der Waals surface area contributed by atoms with E-state index in [-0.39, 0.29) is 18.0 Å². The van der Waals surface area contributed by atoms with E-state index in [9.17, 15) is 9.59 Å². The molecule has 1 aromatic heterocycles. The van der Waals surface area contributed by atoms with Crippen LogP contribution in [0.25, 0.3) is 0 Å². The summed E-state index contributed by atoms with van der Waals surface area (Å²) in [6, 6.07) is 8.96. The number of anilines is 1. The number of hydrogen-bond donors (Lipinski definition) is 1. The highest BCUT2D eigenvalue weighted by Gasteiger charge is 2.34. The third-order valence-electron chi connectivity index (χ3n) is 4.35. The third-order valence-corrected chi connectivity index (χ3v) is 4.35. The van der Waals surface area contributed by atoms with E-state index in [1.807, 2.05) is 41.2 Å². The lowest BCUT2D eigenvalue weighted by atomic mass is 10.2. The van der Waals surface area contributed by atoms with Gasteiger partial charge in [-0.1, -0.05) is 12.1 Å². The van der Waals surface area contributed by atoms with E-state index >= 15 is 0 Å². The molecule has 7 heteroatoms. The van der Waals surface area contributed by atoms with Crippen molar-refractivity contribution in [3.63, 3.8) is 0 Å². The second-order valence-electron chi connectivity index (χ2n) is 6.41. The predicted molar refractivity (Wildman–Crippen MR) is 95.2 cm³/mol. The van der Waals surface area contributed by atoms with Gasteiger partial charge in [0.15, 0.2) is 0 Å².